The van der Waals surface area contributed by atoms with E-state index in [1.54, 1.807) is 17.8 Å². The van der Waals surface area contributed by atoms with Crippen LogP contribution in [0.3, 0.4) is 0 Å². The van der Waals surface area contributed by atoms with Crippen molar-refractivity contribution in [3.05, 3.63) is 42.1 Å². The molecular formula is C13H17NS. The fourth-order valence-corrected chi connectivity index (χ4v) is 1.83. The van der Waals surface area contributed by atoms with Crippen LogP contribution >= 0.6 is 11.8 Å². The summed E-state index contributed by atoms with van der Waals surface area (Å²) < 4.78 is 0. The highest BCUT2D eigenvalue weighted by Crippen LogP contribution is 2.29. The van der Waals surface area contributed by atoms with Gasteiger partial charge in [-0.15, -0.1) is 0 Å². The quantitative estimate of drug-likeness (QED) is 0.705. The van der Waals surface area contributed by atoms with Gasteiger partial charge < -0.3 is 0 Å². The highest BCUT2D eigenvalue weighted by atomic mass is 32.2. The molecular weight excluding hydrogens is 202 g/mol. The fourth-order valence-electron chi connectivity index (χ4n) is 1.20. The summed E-state index contributed by atoms with van der Waals surface area (Å²) >= 11 is 1.59. The monoisotopic (exact) mass is 219 g/mol. The number of hydrogen-bond donors (Lipinski definition) is 0. The molecule has 2 heteroatoms. The van der Waals surface area contributed by atoms with Crippen LogP contribution in [-0.2, 0) is 5.41 Å². The summed E-state index contributed by atoms with van der Waals surface area (Å²) in [5.74, 6) is 0. The molecule has 0 unspecified atom stereocenters. The minimum absolute atomic E-state index is 0.128. The van der Waals surface area contributed by atoms with Crippen molar-refractivity contribution in [3.63, 3.8) is 0 Å². The third kappa shape index (κ3) is 2.96. The topological polar surface area (TPSA) is 12.9 Å². The normalized spacial score (nSPS) is 11.1. The molecule has 1 aromatic rings. The summed E-state index contributed by atoms with van der Waals surface area (Å²) in [4.78, 5) is 5.51. The Morgan fingerprint density at radius 2 is 2.00 bits per heavy atom. The van der Waals surface area contributed by atoms with Crippen LogP contribution in [0, 0.1) is 0 Å². The van der Waals surface area contributed by atoms with E-state index in [-0.39, 0.29) is 5.41 Å². The largest absolute Gasteiger partial charge is 0.255 e. The first-order valence-electron chi connectivity index (χ1n) is 4.89. The van der Waals surface area contributed by atoms with Crippen LogP contribution in [0.1, 0.15) is 32.0 Å². The molecule has 1 rings (SSSR count). The minimum Gasteiger partial charge on any atom is -0.255 e. The highest BCUT2D eigenvalue weighted by molar-refractivity contribution is 8.02. The Labute approximate surface area is 96.3 Å². The minimum atomic E-state index is 0.128. The number of rotatable bonds is 3. The van der Waals surface area contributed by atoms with Gasteiger partial charge in [0.25, 0.3) is 0 Å². The molecule has 0 aliphatic heterocycles. The second-order valence-corrected chi connectivity index (χ2v) is 5.35. The van der Waals surface area contributed by atoms with Crippen LogP contribution in [0.2, 0.25) is 0 Å². The number of hydrogen-bond acceptors (Lipinski definition) is 2. The zero-order valence-corrected chi connectivity index (χ0v) is 10.4. The maximum Gasteiger partial charge on any atom is 0.0763 e. The van der Waals surface area contributed by atoms with E-state index < -0.39 is 0 Å². The van der Waals surface area contributed by atoms with Gasteiger partial charge in [-0.3, -0.25) is 4.98 Å². The lowest BCUT2D eigenvalue weighted by molar-refractivity contribution is 0.585. The van der Waals surface area contributed by atoms with Gasteiger partial charge in [-0.2, -0.15) is 0 Å². The molecule has 1 nitrogen and oxygen atoms in total. The lowest BCUT2D eigenvalue weighted by Gasteiger charge is -2.19. The van der Waals surface area contributed by atoms with Crippen LogP contribution in [0.4, 0.5) is 0 Å². The van der Waals surface area contributed by atoms with Crippen molar-refractivity contribution in [3.8, 4) is 0 Å². The van der Waals surface area contributed by atoms with Crippen molar-refractivity contribution < 1.29 is 0 Å². The van der Waals surface area contributed by atoms with Crippen molar-refractivity contribution in [2.75, 3.05) is 0 Å². The molecule has 0 aliphatic carbocycles. The maximum absolute atomic E-state index is 4.40. The second-order valence-electron chi connectivity index (χ2n) is 4.35. The smallest absolute Gasteiger partial charge is 0.0763 e. The van der Waals surface area contributed by atoms with Gasteiger partial charge >= 0.3 is 0 Å². The number of aromatic nitrogens is 1. The molecule has 80 valence electrons. The van der Waals surface area contributed by atoms with E-state index in [4.69, 9.17) is 0 Å². The number of pyridine rings is 1. The predicted octanol–water partition coefficient (Wildman–Crippen LogP) is 4.26. The van der Waals surface area contributed by atoms with Gasteiger partial charge in [-0.1, -0.05) is 45.7 Å². The van der Waals surface area contributed by atoms with Crippen molar-refractivity contribution in [2.45, 2.75) is 31.1 Å². The zero-order chi connectivity index (χ0) is 11.5. The van der Waals surface area contributed by atoms with Gasteiger partial charge in [0.1, 0.15) is 0 Å². The van der Waals surface area contributed by atoms with Crippen LogP contribution in [0.5, 0.6) is 0 Å². The van der Waals surface area contributed by atoms with Gasteiger partial charge in [0.15, 0.2) is 0 Å². The molecule has 15 heavy (non-hydrogen) atoms. The molecule has 0 fully saturated rings. The van der Waals surface area contributed by atoms with E-state index in [2.05, 4.69) is 45.0 Å². The SMILES string of the molecule is C=CSc1cc(C(C)(C)C)cnc1C=C. The predicted molar refractivity (Wildman–Crippen MR) is 69.1 cm³/mol. The first kappa shape index (κ1) is 12.1. The van der Waals surface area contributed by atoms with E-state index in [0.717, 1.165) is 10.6 Å². The first-order chi connectivity index (χ1) is 6.99. The van der Waals surface area contributed by atoms with Crippen LogP contribution in [-0.4, -0.2) is 4.98 Å². The highest BCUT2D eigenvalue weighted by Gasteiger charge is 2.15. The van der Waals surface area contributed by atoms with Crippen molar-refractivity contribution in [2.24, 2.45) is 0 Å². The molecule has 0 N–H and O–H groups in total. The second kappa shape index (κ2) is 4.67. The van der Waals surface area contributed by atoms with E-state index in [0.29, 0.717) is 0 Å². The standard InChI is InChI=1S/C13H17NS/c1-6-11-12(15-7-2)8-10(9-14-11)13(3,4)5/h6-9H,1-2H2,3-5H3. The summed E-state index contributed by atoms with van der Waals surface area (Å²) in [7, 11) is 0. The molecule has 1 aromatic heterocycles. The van der Waals surface area contributed by atoms with E-state index >= 15 is 0 Å². The molecule has 0 bridgehead atoms. The molecule has 0 saturated carbocycles. The lowest BCUT2D eigenvalue weighted by Crippen LogP contribution is -2.11. The molecule has 0 spiro atoms. The molecule has 0 atom stereocenters. The molecule has 0 aromatic carbocycles. The molecule has 0 amide bonds. The van der Waals surface area contributed by atoms with Crippen molar-refractivity contribution >= 4 is 17.8 Å². The van der Waals surface area contributed by atoms with E-state index in [1.807, 2.05) is 11.6 Å². The molecule has 0 aliphatic rings. The summed E-state index contributed by atoms with van der Waals surface area (Å²) in [5.41, 5.74) is 2.29. The molecule has 0 radical (unpaired) electrons. The van der Waals surface area contributed by atoms with Gasteiger partial charge in [-0.25, -0.2) is 0 Å². The average molecular weight is 219 g/mol. The number of nitrogens with zero attached hydrogens (tertiary/aromatic N) is 1. The van der Waals surface area contributed by atoms with Gasteiger partial charge in [0, 0.05) is 11.1 Å². The fraction of sp³-hybridized carbons (Fsp3) is 0.308. The Morgan fingerprint density at radius 1 is 1.33 bits per heavy atom. The first-order valence-corrected chi connectivity index (χ1v) is 5.77. The van der Waals surface area contributed by atoms with Crippen molar-refractivity contribution in [1.29, 1.82) is 0 Å². The van der Waals surface area contributed by atoms with Crippen LogP contribution < -0.4 is 0 Å². The van der Waals surface area contributed by atoms with Crippen molar-refractivity contribution in [1.82, 2.24) is 4.98 Å². The number of thioether (sulfide) groups is 1. The third-order valence-corrected chi connectivity index (χ3v) is 2.90. The van der Waals surface area contributed by atoms with Crippen LogP contribution in [0.25, 0.3) is 6.08 Å². The van der Waals surface area contributed by atoms with Gasteiger partial charge in [0.2, 0.25) is 0 Å². The molecule has 0 saturated heterocycles. The third-order valence-electron chi connectivity index (χ3n) is 2.15. The van der Waals surface area contributed by atoms with Crippen LogP contribution in [0.15, 0.2) is 35.7 Å². The Kier molecular flexibility index (Phi) is 3.75. The maximum atomic E-state index is 4.40. The van der Waals surface area contributed by atoms with E-state index in [9.17, 15) is 0 Å². The average Bonchev–Trinajstić information content (AvgIpc) is 2.17. The van der Waals surface area contributed by atoms with Gasteiger partial charge in [0.05, 0.1) is 5.69 Å². The molecule has 1 heterocycles. The summed E-state index contributed by atoms with van der Waals surface area (Å²) in [5, 5.41) is 1.82. The lowest BCUT2D eigenvalue weighted by atomic mass is 9.88. The Hall–Kier alpha value is -1.02. The van der Waals surface area contributed by atoms with E-state index in [1.165, 1.54) is 5.56 Å². The Morgan fingerprint density at radius 3 is 2.47 bits per heavy atom. The summed E-state index contributed by atoms with van der Waals surface area (Å²) in [6.07, 6.45) is 3.70. The summed E-state index contributed by atoms with van der Waals surface area (Å²) in [6.45, 7) is 14.0. The summed E-state index contributed by atoms with van der Waals surface area (Å²) in [6, 6.07) is 2.16. The van der Waals surface area contributed by atoms with Gasteiger partial charge in [-0.05, 0) is 28.5 Å². The Bertz CT molecular complexity index is 375. The Balaban J connectivity index is 3.21. The zero-order valence-electron chi connectivity index (χ0n) is 9.58.